The van der Waals surface area contributed by atoms with E-state index in [1.165, 1.54) is 0 Å². The molecule has 0 aliphatic carbocycles. The Morgan fingerprint density at radius 3 is 1.85 bits per heavy atom. The van der Waals surface area contributed by atoms with E-state index in [-0.39, 0.29) is 17.5 Å². The summed E-state index contributed by atoms with van der Waals surface area (Å²) in [5.74, 6) is -2.31. The summed E-state index contributed by atoms with van der Waals surface area (Å²) in [6.45, 7) is 0. The number of carboxylic acid groups (broad SMARTS) is 1. The highest BCUT2D eigenvalue weighted by atomic mass is 16.4. The fourth-order valence-corrected chi connectivity index (χ4v) is 3.36. The van der Waals surface area contributed by atoms with Gasteiger partial charge in [-0.25, -0.2) is 4.79 Å². The second kappa shape index (κ2) is 6.11. The predicted octanol–water partition coefficient (Wildman–Crippen LogP) is 3.13. The summed E-state index contributed by atoms with van der Waals surface area (Å²) < 4.78 is 0. The smallest absolute Gasteiger partial charge is 0.327 e. The summed E-state index contributed by atoms with van der Waals surface area (Å²) in [6, 6.07) is 18.5. The van der Waals surface area contributed by atoms with Crippen LogP contribution in [0.2, 0.25) is 0 Å². The largest absolute Gasteiger partial charge is 0.480 e. The molecule has 0 spiro atoms. The molecule has 5 heteroatoms. The molecule has 0 radical (unpaired) electrons. The molecule has 1 aliphatic heterocycles. The van der Waals surface area contributed by atoms with Crippen LogP contribution in [0.4, 0.5) is 0 Å². The van der Waals surface area contributed by atoms with Crippen molar-refractivity contribution in [3.05, 3.63) is 83.4 Å². The lowest BCUT2D eigenvalue weighted by molar-refractivity contribution is -0.141. The number of fused-ring (bicyclic) bond motifs is 2. The van der Waals surface area contributed by atoms with Gasteiger partial charge in [0.2, 0.25) is 0 Å². The summed E-state index contributed by atoms with van der Waals surface area (Å²) in [5.41, 5.74) is 1.27. The van der Waals surface area contributed by atoms with E-state index in [1.54, 1.807) is 36.4 Å². The van der Waals surface area contributed by atoms with E-state index >= 15 is 0 Å². The molecule has 2 amide bonds. The number of aliphatic carboxylic acids is 1. The lowest BCUT2D eigenvalue weighted by Gasteiger charge is -2.22. The van der Waals surface area contributed by atoms with Crippen LogP contribution in [0.15, 0.2) is 66.7 Å². The minimum atomic E-state index is -1.24. The zero-order chi connectivity index (χ0) is 18.3. The number of hydrogen-bond donors (Lipinski definition) is 1. The number of carboxylic acids is 1. The summed E-state index contributed by atoms with van der Waals surface area (Å²) >= 11 is 0. The van der Waals surface area contributed by atoms with E-state index < -0.39 is 23.8 Å². The first-order valence-electron chi connectivity index (χ1n) is 8.23. The van der Waals surface area contributed by atoms with E-state index in [4.69, 9.17) is 0 Å². The molecule has 1 atom stereocenters. The summed E-state index contributed by atoms with van der Waals surface area (Å²) in [5, 5.41) is 11.3. The molecule has 0 aromatic heterocycles. The van der Waals surface area contributed by atoms with Gasteiger partial charge in [0.05, 0.1) is 11.1 Å². The first-order valence-corrected chi connectivity index (χ1v) is 8.23. The zero-order valence-corrected chi connectivity index (χ0v) is 13.8. The second-order valence-electron chi connectivity index (χ2n) is 6.27. The van der Waals surface area contributed by atoms with Crippen molar-refractivity contribution in [1.82, 2.24) is 4.90 Å². The molecule has 128 valence electrons. The average Bonchev–Trinajstić information content (AvgIpc) is 2.89. The zero-order valence-electron chi connectivity index (χ0n) is 13.8. The van der Waals surface area contributed by atoms with E-state index in [0.29, 0.717) is 0 Å². The van der Waals surface area contributed by atoms with Gasteiger partial charge in [-0.1, -0.05) is 54.6 Å². The van der Waals surface area contributed by atoms with Crippen LogP contribution in [-0.2, 0) is 11.2 Å². The van der Waals surface area contributed by atoms with Crippen molar-refractivity contribution in [2.24, 2.45) is 0 Å². The molecule has 26 heavy (non-hydrogen) atoms. The van der Waals surface area contributed by atoms with E-state index in [1.807, 2.05) is 30.3 Å². The predicted molar refractivity (Wildman–Crippen MR) is 96.0 cm³/mol. The monoisotopic (exact) mass is 345 g/mol. The minimum absolute atomic E-state index is 0.0706. The standard InChI is InChI=1S/C21H15NO4/c23-19-16-11-14-8-4-5-9-15(14)12-17(16)20(24)22(19)18(21(25)26)10-13-6-2-1-3-7-13/h1-9,11-12,18H,10H2,(H,25,26)/t18-/m0/s1. The lowest BCUT2D eigenvalue weighted by atomic mass is 10.0. The van der Waals surface area contributed by atoms with Gasteiger partial charge in [0.1, 0.15) is 6.04 Å². The van der Waals surface area contributed by atoms with Crippen LogP contribution in [0.1, 0.15) is 26.3 Å². The second-order valence-corrected chi connectivity index (χ2v) is 6.27. The Bertz CT molecular complexity index is 988. The van der Waals surface area contributed by atoms with Crippen LogP contribution in [0.25, 0.3) is 10.8 Å². The van der Waals surface area contributed by atoms with Gasteiger partial charge < -0.3 is 5.11 Å². The van der Waals surface area contributed by atoms with E-state index in [2.05, 4.69) is 0 Å². The van der Waals surface area contributed by atoms with Crippen LogP contribution < -0.4 is 0 Å². The molecule has 3 aromatic rings. The van der Waals surface area contributed by atoms with Gasteiger partial charge in [-0.05, 0) is 28.5 Å². The molecule has 0 unspecified atom stereocenters. The number of hydrogen-bond acceptors (Lipinski definition) is 3. The van der Waals surface area contributed by atoms with Crippen LogP contribution >= 0.6 is 0 Å². The Labute approximate surface area is 149 Å². The molecule has 1 heterocycles. The summed E-state index contributed by atoms with van der Waals surface area (Å²) in [7, 11) is 0. The molecule has 4 rings (SSSR count). The molecule has 0 saturated carbocycles. The number of carbonyl (C=O) groups excluding carboxylic acids is 2. The maximum atomic E-state index is 12.8. The Morgan fingerprint density at radius 1 is 0.846 bits per heavy atom. The Morgan fingerprint density at radius 2 is 1.35 bits per heavy atom. The number of carbonyl (C=O) groups is 3. The fraction of sp³-hybridized carbons (Fsp3) is 0.0952. The summed E-state index contributed by atoms with van der Waals surface area (Å²) in [4.78, 5) is 38.4. The van der Waals surface area contributed by atoms with Gasteiger partial charge in [-0.3, -0.25) is 14.5 Å². The molecular weight excluding hydrogens is 330 g/mol. The van der Waals surface area contributed by atoms with Crippen molar-refractivity contribution in [1.29, 1.82) is 0 Å². The van der Waals surface area contributed by atoms with Gasteiger partial charge in [0, 0.05) is 6.42 Å². The molecule has 0 saturated heterocycles. The molecule has 1 aliphatic rings. The third-order valence-corrected chi connectivity index (χ3v) is 4.65. The lowest BCUT2D eigenvalue weighted by Crippen LogP contribution is -2.46. The number of imide groups is 1. The SMILES string of the molecule is O=C(O)[C@H](Cc1ccccc1)N1C(=O)c2cc3ccccc3cc2C1=O. The van der Waals surface area contributed by atoms with Gasteiger partial charge in [0.15, 0.2) is 0 Å². The topological polar surface area (TPSA) is 74.7 Å². The van der Waals surface area contributed by atoms with E-state index in [9.17, 15) is 19.5 Å². The molecule has 3 aromatic carbocycles. The van der Waals surface area contributed by atoms with Crippen molar-refractivity contribution in [2.45, 2.75) is 12.5 Å². The van der Waals surface area contributed by atoms with E-state index in [0.717, 1.165) is 21.2 Å². The number of nitrogens with zero attached hydrogens (tertiary/aromatic N) is 1. The minimum Gasteiger partial charge on any atom is -0.480 e. The first kappa shape index (κ1) is 16.0. The fourth-order valence-electron chi connectivity index (χ4n) is 3.36. The Balaban J connectivity index is 1.76. The highest BCUT2D eigenvalue weighted by Gasteiger charge is 2.43. The Kier molecular flexibility index (Phi) is 3.77. The highest BCUT2D eigenvalue weighted by Crippen LogP contribution is 2.30. The van der Waals surface area contributed by atoms with Crippen molar-refractivity contribution in [2.75, 3.05) is 0 Å². The van der Waals surface area contributed by atoms with Crippen molar-refractivity contribution >= 4 is 28.6 Å². The number of benzene rings is 3. The molecule has 0 bridgehead atoms. The first-order chi connectivity index (χ1) is 12.6. The summed E-state index contributed by atoms with van der Waals surface area (Å²) in [6.07, 6.45) is 0.0706. The van der Waals surface area contributed by atoms with Crippen molar-refractivity contribution in [3.8, 4) is 0 Å². The van der Waals surface area contributed by atoms with Crippen LogP contribution in [0.3, 0.4) is 0 Å². The molecule has 0 fully saturated rings. The van der Waals surface area contributed by atoms with Crippen LogP contribution in [0, 0.1) is 0 Å². The Hall–Kier alpha value is -3.47. The van der Waals surface area contributed by atoms with Gasteiger partial charge >= 0.3 is 5.97 Å². The van der Waals surface area contributed by atoms with Gasteiger partial charge in [-0.15, -0.1) is 0 Å². The third-order valence-electron chi connectivity index (χ3n) is 4.65. The maximum Gasteiger partial charge on any atom is 0.327 e. The third kappa shape index (κ3) is 2.54. The maximum absolute atomic E-state index is 12.8. The molecular formula is C21H15NO4. The van der Waals surface area contributed by atoms with Crippen molar-refractivity contribution in [3.63, 3.8) is 0 Å². The van der Waals surface area contributed by atoms with Gasteiger partial charge in [-0.2, -0.15) is 0 Å². The average molecular weight is 345 g/mol. The van der Waals surface area contributed by atoms with Crippen LogP contribution in [0.5, 0.6) is 0 Å². The highest BCUT2D eigenvalue weighted by molar-refractivity contribution is 6.24. The van der Waals surface area contributed by atoms with Gasteiger partial charge in [0.25, 0.3) is 11.8 Å². The molecule has 5 nitrogen and oxygen atoms in total. The number of amides is 2. The van der Waals surface area contributed by atoms with Crippen molar-refractivity contribution < 1.29 is 19.5 Å². The normalized spacial score (nSPS) is 14.5. The quantitative estimate of drug-likeness (QED) is 0.737. The number of rotatable bonds is 4. The van der Waals surface area contributed by atoms with Crippen LogP contribution in [-0.4, -0.2) is 33.8 Å². The molecule has 1 N–H and O–H groups in total.